The molecule has 0 aromatic carbocycles. The minimum absolute atomic E-state index is 0.00954. The van der Waals surface area contributed by atoms with Gasteiger partial charge in [-0.15, -0.1) is 0 Å². The number of oxime groups is 1. The Labute approximate surface area is 79.2 Å². The molecule has 0 aliphatic heterocycles. The van der Waals surface area contributed by atoms with Crippen molar-refractivity contribution >= 4 is 5.84 Å². The molecule has 0 heterocycles. The summed E-state index contributed by atoms with van der Waals surface area (Å²) in [6.07, 6.45) is 4.49. The van der Waals surface area contributed by atoms with Gasteiger partial charge in [0, 0.05) is 5.54 Å². The fourth-order valence-corrected chi connectivity index (χ4v) is 1.73. The fourth-order valence-electron chi connectivity index (χ4n) is 1.73. The highest BCUT2D eigenvalue weighted by Gasteiger charge is 2.33. The molecule has 4 nitrogen and oxygen atoms in total. The number of nitrogens with zero attached hydrogens (tertiary/aromatic N) is 1. The van der Waals surface area contributed by atoms with E-state index in [9.17, 15) is 0 Å². The third kappa shape index (κ3) is 2.34. The molecule has 0 aromatic rings. The molecule has 1 atom stereocenters. The molecule has 1 aliphatic carbocycles. The molecule has 0 spiro atoms. The van der Waals surface area contributed by atoms with Crippen molar-refractivity contribution in [3.05, 3.63) is 0 Å². The molecule has 0 amide bonds. The zero-order valence-corrected chi connectivity index (χ0v) is 8.38. The van der Waals surface area contributed by atoms with Crippen LogP contribution >= 0.6 is 0 Å². The topological polar surface area (TPSA) is 70.6 Å². The highest BCUT2D eigenvalue weighted by molar-refractivity contribution is 5.85. The van der Waals surface area contributed by atoms with Gasteiger partial charge in [0.05, 0.1) is 6.04 Å². The molecule has 0 bridgehead atoms. The summed E-state index contributed by atoms with van der Waals surface area (Å²) in [5.41, 5.74) is 5.76. The quantitative estimate of drug-likeness (QED) is 0.265. The Bertz CT molecular complexity index is 199. The van der Waals surface area contributed by atoms with E-state index in [0.717, 1.165) is 6.42 Å². The summed E-state index contributed by atoms with van der Waals surface area (Å²) in [5, 5.41) is 15.0. The Morgan fingerprint density at radius 1 is 1.69 bits per heavy atom. The first-order valence-corrected chi connectivity index (χ1v) is 4.86. The first-order chi connectivity index (χ1) is 6.11. The van der Waals surface area contributed by atoms with Crippen molar-refractivity contribution in [1.29, 1.82) is 0 Å². The summed E-state index contributed by atoms with van der Waals surface area (Å²) in [5.74, 6) is 0.288. The fraction of sp³-hybridized carbons (Fsp3) is 0.889. The van der Waals surface area contributed by atoms with Gasteiger partial charge in [-0.1, -0.05) is 12.1 Å². The molecule has 1 unspecified atom stereocenters. The first kappa shape index (κ1) is 10.3. The summed E-state index contributed by atoms with van der Waals surface area (Å²) in [6.45, 7) is 4.21. The van der Waals surface area contributed by atoms with Crippen molar-refractivity contribution in [2.45, 2.75) is 51.1 Å². The number of nitrogens with two attached hydrogens (primary N) is 1. The molecule has 13 heavy (non-hydrogen) atoms. The van der Waals surface area contributed by atoms with Crippen LogP contribution in [-0.2, 0) is 0 Å². The molecule has 1 saturated carbocycles. The van der Waals surface area contributed by atoms with Crippen molar-refractivity contribution in [2.75, 3.05) is 0 Å². The van der Waals surface area contributed by atoms with E-state index in [-0.39, 0.29) is 17.4 Å². The number of rotatable bonds is 4. The highest BCUT2D eigenvalue weighted by atomic mass is 16.4. The van der Waals surface area contributed by atoms with Gasteiger partial charge in [-0.2, -0.15) is 0 Å². The summed E-state index contributed by atoms with van der Waals surface area (Å²) in [7, 11) is 0. The third-order valence-corrected chi connectivity index (χ3v) is 2.86. The predicted molar refractivity (Wildman–Crippen MR) is 52.9 cm³/mol. The lowest BCUT2D eigenvalue weighted by Gasteiger charge is -2.41. The van der Waals surface area contributed by atoms with Crippen LogP contribution in [0.4, 0.5) is 0 Å². The molecule has 0 aromatic heterocycles. The number of nitrogens with one attached hydrogen (secondary N) is 1. The standard InChI is InChI=1S/C9H19N3O/c1-3-7(8(10)12-13)11-9(2)5-4-6-9/h7,11,13H,3-6H2,1-2H3,(H2,10,12). The van der Waals surface area contributed by atoms with Crippen LogP contribution < -0.4 is 11.1 Å². The van der Waals surface area contributed by atoms with Crippen LogP contribution in [0.3, 0.4) is 0 Å². The molecule has 76 valence electrons. The van der Waals surface area contributed by atoms with E-state index < -0.39 is 0 Å². The Morgan fingerprint density at radius 3 is 2.62 bits per heavy atom. The normalized spacial score (nSPS) is 23.7. The largest absolute Gasteiger partial charge is 0.409 e. The van der Waals surface area contributed by atoms with Gasteiger partial charge in [0.25, 0.3) is 0 Å². The first-order valence-electron chi connectivity index (χ1n) is 4.86. The van der Waals surface area contributed by atoms with E-state index in [1.807, 2.05) is 6.92 Å². The summed E-state index contributed by atoms with van der Waals surface area (Å²) >= 11 is 0. The maximum atomic E-state index is 8.55. The zero-order chi connectivity index (χ0) is 9.90. The lowest BCUT2D eigenvalue weighted by molar-refractivity contribution is 0.196. The number of hydrogen-bond acceptors (Lipinski definition) is 3. The monoisotopic (exact) mass is 185 g/mol. The Morgan fingerprint density at radius 2 is 2.31 bits per heavy atom. The second-order valence-corrected chi connectivity index (χ2v) is 4.04. The number of amidine groups is 1. The van der Waals surface area contributed by atoms with E-state index in [1.165, 1.54) is 19.3 Å². The van der Waals surface area contributed by atoms with Gasteiger partial charge in [-0.05, 0) is 32.6 Å². The second kappa shape index (κ2) is 3.96. The van der Waals surface area contributed by atoms with E-state index >= 15 is 0 Å². The molecular formula is C9H19N3O. The molecular weight excluding hydrogens is 166 g/mol. The number of hydrogen-bond donors (Lipinski definition) is 3. The van der Waals surface area contributed by atoms with Crippen LogP contribution in [0.25, 0.3) is 0 Å². The van der Waals surface area contributed by atoms with Crippen LogP contribution in [0, 0.1) is 0 Å². The van der Waals surface area contributed by atoms with Crippen LogP contribution in [0.1, 0.15) is 39.5 Å². The average molecular weight is 185 g/mol. The molecule has 4 heteroatoms. The van der Waals surface area contributed by atoms with Gasteiger partial charge in [-0.3, -0.25) is 0 Å². The molecule has 0 saturated heterocycles. The lowest BCUT2D eigenvalue weighted by Crippen LogP contribution is -2.56. The molecule has 0 radical (unpaired) electrons. The van der Waals surface area contributed by atoms with Crippen LogP contribution in [0.15, 0.2) is 5.16 Å². The van der Waals surface area contributed by atoms with Crippen LogP contribution in [-0.4, -0.2) is 22.6 Å². The van der Waals surface area contributed by atoms with E-state index in [1.54, 1.807) is 0 Å². The summed E-state index contributed by atoms with van der Waals surface area (Å²) in [6, 6.07) is 0.00954. The van der Waals surface area contributed by atoms with E-state index in [2.05, 4.69) is 17.4 Å². The van der Waals surface area contributed by atoms with Gasteiger partial charge < -0.3 is 16.3 Å². The Balaban J connectivity index is 2.48. The van der Waals surface area contributed by atoms with Gasteiger partial charge in [-0.25, -0.2) is 0 Å². The van der Waals surface area contributed by atoms with Crippen molar-refractivity contribution in [3.63, 3.8) is 0 Å². The van der Waals surface area contributed by atoms with E-state index in [4.69, 9.17) is 10.9 Å². The smallest absolute Gasteiger partial charge is 0.156 e. The maximum Gasteiger partial charge on any atom is 0.156 e. The van der Waals surface area contributed by atoms with Crippen LogP contribution in [0.2, 0.25) is 0 Å². The third-order valence-electron chi connectivity index (χ3n) is 2.86. The SMILES string of the molecule is CCC(NC1(C)CCC1)C(N)=NO. The van der Waals surface area contributed by atoms with Crippen LogP contribution in [0.5, 0.6) is 0 Å². The predicted octanol–water partition coefficient (Wildman–Crippen LogP) is 1.04. The molecule has 1 aliphatic rings. The molecule has 1 fully saturated rings. The van der Waals surface area contributed by atoms with Gasteiger partial charge in [0.1, 0.15) is 0 Å². The maximum absolute atomic E-state index is 8.55. The van der Waals surface area contributed by atoms with Gasteiger partial charge in [0.15, 0.2) is 5.84 Å². The molecule has 1 rings (SSSR count). The van der Waals surface area contributed by atoms with Crippen molar-refractivity contribution < 1.29 is 5.21 Å². The highest BCUT2D eigenvalue weighted by Crippen LogP contribution is 2.31. The van der Waals surface area contributed by atoms with Gasteiger partial charge >= 0.3 is 0 Å². The Hall–Kier alpha value is -0.770. The second-order valence-electron chi connectivity index (χ2n) is 4.04. The summed E-state index contributed by atoms with van der Waals surface area (Å²) < 4.78 is 0. The van der Waals surface area contributed by atoms with Crippen molar-refractivity contribution in [3.8, 4) is 0 Å². The minimum Gasteiger partial charge on any atom is -0.409 e. The van der Waals surface area contributed by atoms with E-state index in [0.29, 0.717) is 0 Å². The Kier molecular flexibility index (Phi) is 3.14. The lowest BCUT2D eigenvalue weighted by atomic mass is 9.78. The zero-order valence-electron chi connectivity index (χ0n) is 8.38. The molecule has 4 N–H and O–H groups in total. The van der Waals surface area contributed by atoms with Crippen molar-refractivity contribution in [2.24, 2.45) is 10.9 Å². The van der Waals surface area contributed by atoms with Crippen molar-refractivity contribution in [1.82, 2.24) is 5.32 Å². The van der Waals surface area contributed by atoms with Gasteiger partial charge in [0.2, 0.25) is 0 Å². The minimum atomic E-state index is 0.00954. The summed E-state index contributed by atoms with van der Waals surface area (Å²) in [4.78, 5) is 0. The average Bonchev–Trinajstić information content (AvgIpc) is 2.10.